The van der Waals surface area contributed by atoms with Gasteiger partial charge in [0.25, 0.3) is 10.0 Å². The van der Waals surface area contributed by atoms with Crippen molar-refractivity contribution in [2.75, 3.05) is 11.8 Å². The van der Waals surface area contributed by atoms with Crippen molar-refractivity contribution >= 4 is 21.7 Å². The van der Waals surface area contributed by atoms with Crippen molar-refractivity contribution in [2.24, 2.45) is 0 Å². The lowest BCUT2D eigenvalue weighted by atomic mass is 10.1. The van der Waals surface area contributed by atoms with Crippen LogP contribution >= 0.6 is 0 Å². The second kappa shape index (κ2) is 7.57. The van der Waals surface area contributed by atoms with E-state index in [1.165, 1.54) is 19.2 Å². The monoisotopic (exact) mass is 363 g/mol. The number of ether oxygens (including phenoxy) is 2. The largest absolute Gasteiger partial charge is 0.491 e. The van der Waals surface area contributed by atoms with Crippen molar-refractivity contribution < 1.29 is 22.7 Å². The molecule has 25 heavy (non-hydrogen) atoms. The van der Waals surface area contributed by atoms with E-state index in [1.807, 2.05) is 13.8 Å². The Morgan fingerprint density at radius 1 is 1.08 bits per heavy atom. The molecule has 0 atom stereocenters. The zero-order valence-corrected chi connectivity index (χ0v) is 15.4. The van der Waals surface area contributed by atoms with Crippen molar-refractivity contribution in [1.29, 1.82) is 0 Å². The van der Waals surface area contributed by atoms with Crippen LogP contribution in [0.3, 0.4) is 0 Å². The summed E-state index contributed by atoms with van der Waals surface area (Å²) in [4.78, 5) is 11.7. The highest BCUT2D eigenvalue weighted by Crippen LogP contribution is 2.23. The van der Waals surface area contributed by atoms with E-state index in [0.29, 0.717) is 17.0 Å². The number of hydrogen-bond donors (Lipinski definition) is 1. The lowest BCUT2D eigenvalue weighted by molar-refractivity contribution is 0.0600. The van der Waals surface area contributed by atoms with E-state index < -0.39 is 16.0 Å². The summed E-state index contributed by atoms with van der Waals surface area (Å²) in [5, 5.41) is 0. The molecule has 6 nitrogen and oxygen atoms in total. The number of anilines is 1. The lowest BCUT2D eigenvalue weighted by Crippen LogP contribution is -2.15. The maximum absolute atomic E-state index is 12.7. The van der Waals surface area contributed by atoms with Gasteiger partial charge in [-0.3, -0.25) is 4.72 Å². The van der Waals surface area contributed by atoms with Gasteiger partial charge in [-0.25, -0.2) is 13.2 Å². The molecule has 0 spiro atoms. The Balaban J connectivity index is 2.28. The van der Waals surface area contributed by atoms with Gasteiger partial charge >= 0.3 is 5.97 Å². The van der Waals surface area contributed by atoms with Gasteiger partial charge in [-0.2, -0.15) is 0 Å². The average molecular weight is 363 g/mol. The van der Waals surface area contributed by atoms with E-state index in [9.17, 15) is 13.2 Å². The minimum atomic E-state index is -3.84. The molecular formula is C18H21NO5S. The van der Waals surface area contributed by atoms with E-state index in [2.05, 4.69) is 9.46 Å². The summed E-state index contributed by atoms with van der Waals surface area (Å²) >= 11 is 0. The first-order valence-electron chi connectivity index (χ1n) is 7.71. The van der Waals surface area contributed by atoms with Crippen LogP contribution in [0.4, 0.5) is 5.69 Å². The predicted octanol–water partition coefficient (Wildman–Crippen LogP) is 3.37. The fourth-order valence-electron chi connectivity index (χ4n) is 2.22. The zero-order valence-electron chi connectivity index (χ0n) is 14.6. The van der Waals surface area contributed by atoms with Crippen LogP contribution in [0.5, 0.6) is 5.75 Å². The molecule has 0 aromatic heterocycles. The number of sulfonamides is 1. The second-order valence-electron chi connectivity index (χ2n) is 5.77. The van der Waals surface area contributed by atoms with Gasteiger partial charge in [-0.15, -0.1) is 0 Å². The van der Waals surface area contributed by atoms with Gasteiger partial charge < -0.3 is 9.47 Å². The third-order valence-electron chi connectivity index (χ3n) is 3.38. The molecule has 7 heteroatoms. The molecule has 0 aliphatic heterocycles. The van der Waals surface area contributed by atoms with Crippen molar-refractivity contribution in [1.82, 2.24) is 0 Å². The summed E-state index contributed by atoms with van der Waals surface area (Å²) in [6, 6.07) is 11.0. The fraction of sp³-hybridized carbons (Fsp3) is 0.278. The number of hydrogen-bond acceptors (Lipinski definition) is 5. The highest BCUT2D eigenvalue weighted by Gasteiger charge is 2.19. The molecular weight excluding hydrogens is 342 g/mol. The van der Waals surface area contributed by atoms with Crippen molar-refractivity contribution in [3.63, 3.8) is 0 Å². The number of carbonyl (C=O) groups is 1. The molecule has 0 unspecified atom stereocenters. The lowest BCUT2D eigenvalue weighted by Gasteiger charge is -2.13. The summed E-state index contributed by atoms with van der Waals surface area (Å²) in [5.74, 6) is 0.0634. The summed E-state index contributed by atoms with van der Waals surface area (Å²) in [6.07, 6.45) is 0.0336. The normalized spacial score (nSPS) is 11.2. The Hall–Kier alpha value is -2.54. The minimum absolute atomic E-state index is 0.0258. The van der Waals surface area contributed by atoms with Crippen LogP contribution < -0.4 is 9.46 Å². The third kappa shape index (κ3) is 4.73. The first kappa shape index (κ1) is 18.8. The molecule has 0 saturated carbocycles. The van der Waals surface area contributed by atoms with Gasteiger partial charge in [0, 0.05) is 5.69 Å². The first-order chi connectivity index (χ1) is 11.7. The fourth-order valence-corrected chi connectivity index (χ4v) is 3.55. The molecule has 0 radical (unpaired) electrons. The van der Waals surface area contributed by atoms with Crippen LogP contribution in [0.25, 0.3) is 0 Å². The number of methoxy groups -OCH3 is 1. The molecule has 0 aliphatic rings. The quantitative estimate of drug-likeness (QED) is 0.796. The summed E-state index contributed by atoms with van der Waals surface area (Å²) in [6.45, 7) is 5.48. The first-order valence-corrected chi connectivity index (χ1v) is 9.20. The molecule has 2 aromatic carbocycles. The van der Waals surface area contributed by atoms with Gasteiger partial charge in [0.05, 0.1) is 23.7 Å². The van der Waals surface area contributed by atoms with Crippen molar-refractivity contribution in [3.05, 3.63) is 53.6 Å². The molecule has 1 N–H and O–H groups in total. The minimum Gasteiger partial charge on any atom is -0.491 e. The number of aryl methyl sites for hydroxylation is 1. The van der Waals surface area contributed by atoms with Gasteiger partial charge in [-0.05, 0) is 62.7 Å². The summed E-state index contributed by atoms with van der Waals surface area (Å²) in [5.41, 5.74) is 1.10. The van der Waals surface area contributed by atoms with Crippen molar-refractivity contribution in [3.8, 4) is 5.75 Å². The molecule has 0 saturated heterocycles. The van der Waals surface area contributed by atoms with Gasteiger partial charge in [0.2, 0.25) is 0 Å². The molecule has 0 aliphatic carbocycles. The Labute approximate surface area is 147 Å². The summed E-state index contributed by atoms with van der Waals surface area (Å²) < 4.78 is 38.0. The predicted molar refractivity (Wildman–Crippen MR) is 95.5 cm³/mol. The standard InChI is InChI=1S/C18H21NO5S/c1-12(2)24-16-9-7-15(8-10-16)19-25(21,22)17-11-14(18(20)23-4)6-5-13(17)3/h5-12,19H,1-4H3. The van der Waals surface area contributed by atoms with Crippen LogP contribution in [0.1, 0.15) is 29.8 Å². The van der Waals surface area contributed by atoms with Crippen LogP contribution in [-0.2, 0) is 14.8 Å². The topological polar surface area (TPSA) is 81.7 Å². The van der Waals surface area contributed by atoms with Crippen LogP contribution in [-0.4, -0.2) is 27.6 Å². The maximum atomic E-state index is 12.7. The van der Waals surface area contributed by atoms with Gasteiger partial charge in [0.15, 0.2) is 0 Å². The Bertz CT molecular complexity index is 858. The Morgan fingerprint density at radius 3 is 2.28 bits per heavy atom. The molecule has 0 amide bonds. The van der Waals surface area contributed by atoms with E-state index in [1.54, 1.807) is 37.3 Å². The molecule has 0 heterocycles. The van der Waals surface area contributed by atoms with Crippen LogP contribution in [0, 0.1) is 6.92 Å². The average Bonchev–Trinajstić information content (AvgIpc) is 2.55. The third-order valence-corrected chi connectivity index (χ3v) is 4.90. The van der Waals surface area contributed by atoms with E-state index in [-0.39, 0.29) is 16.6 Å². The highest BCUT2D eigenvalue weighted by atomic mass is 32.2. The molecule has 0 bridgehead atoms. The van der Waals surface area contributed by atoms with Gasteiger partial charge in [0.1, 0.15) is 5.75 Å². The molecule has 2 rings (SSSR count). The van der Waals surface area contributed by atoms with Crippen LogP contribution in [0.15, 0.2) is 47.4 Å². The maximum Gasteiger partial charge on any atom is 0.337 e. The van der Waals surface area contributed by atoms with E-state index in [0.717, 1.165) is 0 Å². The SMILES string of the molecule is COC(=O)c1ccc(C)c(S(=O)(=O)Nc2ccc(OC(C)C)cc2)c1. The number of benzene rings is 2. The highest BCUT2D eigenvalue weighted by molar-refractivity contribution is 7.92. The molecule has 134 valence electrons. The molecule has 0 fully saturated rings. The number of nitrogens with one attached hydrogen (secondary N) is 1. The number of carbonyl (C=O) groups excluding carboxylic acids is 1. The zero-order chi connectivity index (χ0) is 18.6. The second-order valence-corrected chi connectivity index (χ2v) is 7.42. The van der Waals surface area contributed by atoms with Crippen molar-refractivity contribution in [2.45, 2.75) is 31.8 Å². The van der Waals surface area contributed by atoms with Gasteiger partial charge in [-0.1, -0.05) is 6.07 Å². The van der Waals surface area contributed by atoms with Crippen LogP contribution in [0.2, 0.25) is 0 Å². The summed E-state index contributed by atoms with van der Waals surface area (Å²) in [7, 11) is -2.60. The van der Waals surface area contributed by atoms with E-state index in [4.69, 9.17) is 4.74 Å². The number of esters is 1. The Kier molecular flexibility index (Phi) is 5.69. The van der Waals surface area contributed by atoms with E-state index >= 15 is 0 Å². The Morgan fingerprint density at radius 2 is 1.72 bits per heavy atom. The molecule has 2 aromatic rings. The number of rotatable bonds is 6. The smallest absolute Gasteiger partial charge is 0.337 e.